The van der Waals surface area contributed by atoms with Crippen LogP contribution in [0.4, 0.5) is 0 Å². The fourth-order valence-electron chi connectivity index (χ4n) is 1.78. The van der Waals surface area contributed by atoms with E-state index in [0.29, 0.717) is 19.0 Å². The number of hydrogen-bond donors (Lipinski definition) is 1. The van der Waals surface area contributed by atoms with Crippen LogP contribution in [0.2, 0.25) is 0 Å². The monoisotopic (exact) mass is 226 g/mol. The second kappa shape index (κ2) is 3.68. The molecule has 0 bridgehead atoms. The van der Waals surface area contributed by atoms with Crippen molar-refractivity contribution in [3.63, 3.8) is 0 Å². The molecule has 0 unspecified atom stereocenters. The van der Waals surface area contributed by atoms with Crippen LogP contribution < -0.4 is 0 Å². The van der Waals surface area contributed by atoms with E-state index < -0.39 is 5.41 Å². The number of nitrogens with zero attached hydrogens (tertiary/aromatic N) is 3. The van der Waals surface area contributed by atoms with Crippen molar-refractivity contribution < 1.29 is 4.74 Å². The first-order valence-corrected chi connectivity index (χ1v) is 5.30. The lowest BCUT2D eigenvalue weighted by Gasteiger charge is -2.33. The molecule has 1 N–H and O–H groups in total. The smallest absolute Gasteiger partial charge is 0.163 e. The highest BCUT2D eigenvalue weighted by Crippen LogP contribution is 2.29. The summed E-state index contributed by atoms with van der Waals surface area (Å²) in [4.78, 5) is 11.7. The van der Waals surface area contributed by atoms with Gasteiger partial charge >= 0.3 is 0 Å². The highest BCUT2D eigenvalue weighted by atomic mass is 16.5. The van der Waals surface area contributed by atoms with Gasteiger partial charge in [-0.05, 0) is 18.2 Å². The zero-order valence-corrected chi connectivity index (χ0v) is 9.05. The maximum absolute atomic E-state index is 9.19. The molecular weight excluding hydrogens is 216 g/mol. The first kappa shape index (κ1) is 10.00. The normalized spacial score (nSPS) is 17.1. The van der Waals surface area contributed by atoms with Gasteiger partial charge in [-0.2, -0.15) is 5.26 Å². The van der Waals surface area contributed by atoms with Gasteiger partial charge in [0.1, 0.15) is 0 Å². The van der Waals surface area contributed by atoms with Gasteiger partial charge in [-0.1, -0.05) is 0 Å². The first-order chi connectivity index (χ1) is 8.34. The fourth-order valence-corrected chi connectivity index (χ4v) is 1.78. The summed E-state index contributed by atoms with van der Waals surface area (Å²) in [6.45, 7) is 0.745. The molecule has 17 heavy (non-hydrogen) atoms. The first-order valence-electron chi connectivity index (χ1n) is 5.30. The van der Waals surface area contributed by atoms with Crippen LogP contribution in [0.15, 0.2) is 30.6 Å². The van der Waals surface area contributed by atoms with E-state index in [4.69, 9.17) is 4.74 Å². The highest BCUT2D eigenvalue weighted by molar-refractivity contribution is 5.53. The Kier molecular flexibility index (Phi) is 2.16. The average molecular weight is 226 g/mol. The fraction of sp³-hybridized carbons (Fsp3) is 0.250. The van der Waals surface area contributed by atoms with Gasteiger partial charge in [-0.3, -0.25) is 0 Å². The molecule has 0 atom stereocenters. The minimum absolute atomic E-state index is 0.373. The number of nitrogens with one attached hydrogen (secondary N) is 1. The Labute approximate surface area is 98.1 Å². The number of aromatic nitrogens is 3. The lowest BCUT2D eigenvalue weighted by molar-refractivity contribution is -0.0338. The Morgan fingerprint density at radius 1 is 1.41 bits per heavy atom. The minimum atomic E-state index is -0.664. The SMILES string of the molecule is N#CC1(c2nccc(-c3ccc[nH]3)n2)COC1. The molecule has 0 saturated carbocycles. The third-order valence-corrected chi connectivity index (χ3v) is 2.87. The van der Waals surface area contributed by atoms with Gasteiger partial charge in [-0.25, -0.2) is 9.97 Å². The standard InChI is InChI=1S/C12H10N4O/c13-6-12(7-17-8-12)11-15-5-3-10(16-11)9-2-1-4-14-9/h1-5,14H,7-8H2. The Hall–Kier alpha value is -2.19. The number of H-pyrrole nitrogens is 1. The van der Waals surface area contributed by atoms with E-state index in [1.54, 1.807) is 6.20 Å². The maximum atomic E-state index is 9.19. The van der Waals surface area contributed by atoms with Gasteiger partial charge in [-0.15, -0.1) is 0 Å². The molecule has 84 valence electrons. The Balaban J connectivity index is 2.03. The van der Waals surface area contributed by atoms with Crippen LogP contribution in [0.5, 0.6) is 0 Å². The van der Waals surface area contributed by atoms with Crippen LogP contribution in [-0.4, -0.2) is 28.2 Å². The van der Waals surface area contributed by atoms with E-state index in [-0.39, 0.29) is 0 Å². The number of ether oxygens (including phenoxy) is 1. The van der Waals surface area contributed by atoms with Crippen molar-refractivity contribution in [3.05, 3.63) is 36.4 Å². The van der Waals surface area contributed by atoms with E-state index in [0.717, 1.165) is 11.4 Å². The predicted octanol–water partition coefficient (Wildman–Crippen LogP) is 1.26. The van der Waals surface area contributed by atoms with Crippen molar-refractivity contribution in [2.45, 2.75) is 5.41 Å². The van der Waals surface area contributed by atoms with E-state index in [1.165, 1.54) is 0 Å². The Bertz CT molecular complexity index is 566. The summed E-state index contributed by atoms with van der Waals surface area (Å²) in [6, 6.07) is 7.90. The van der Waals surface area contributed by atoms with Crippen molar-refractivity contribution >= 4 is 0 Å². The quantitative estimate of drug-likeness (QED) is 0.836. The Morgan fingerprint density at radius 2 is 2.29 bits per heavy atom. The van der Waals surface area contributed by atoms with Crippen molar-refractivity contribution in [2.75, 3.05) is 13.2 Å². The van der Waals surface area contributed by atoms with Gasteiger partial charge < -0.3 is 9.72 Å². The number of aromatic amines is 1. The van der Waals surface area contributed by atoms with Crippen molar-refractivity contribution in [3.8, 4) is 17.5 Å². The van der Waals surface area contributed by atoms with Gasteiger partial charge in [0, 0.05) is 12.4 Å². The summed E-state index contributed by atoms with van der Waals surface area (Å²) in [7, 11) is 0. The van der Waals surface area contributed by atoms with Crippen molar-refractivity contribution in [1.29, 1.82) is 5.26 Å². The van der Waals surface area contributed by atoms with Crippen LogP contribution in [0, 0.1) is 11.3 Å². The van der Waals surface area contributed by atoms with Crippen LogP contribution in [0.3, 0.4) is 0 Å². The van der Waals surface area contributed by atoms with Crippen molar-refractivity contribution in [2.24, 2.45) is 0 Å². The zero-order valence-electron chi connectivity index (χ0n) is 9.05. The molecule has 0 spiro atoms. The molecule has 3 heterocycles. The van der Waals surface area contributed by atoms with E-state index in [1.807, 2.05) is 24.4 Å². The minimum Gasteiger partial charge on any atom is -0.377 e. The molecule has 0 amide bonds. The molecule has 1 saturated heterocycles. The molecule has 2 aromatic heterocycles. The lowest BCUT2D eigenvalue weighted by Crippen LogP contribution is -2.46. The summed E-state index contributed by atoms with van der Waals surface area (Å²) in [5.41, 5.74) is 1.05. The second-order valence-electron chi connectivity index (χ2n) is 4.04. The lowest BCUT2D eigenvalue weighted by atomic mass is 9.87. The molecule has 0 aromatic carbocycles. The molecule has 0 aliphatic carbocycles. The third kappa shape index (κ3) is 1.50. The summed E-state index contributed by atoms with van der Waals surface area (Å²) in [5, 5.41) is 9.19. The molecule has 1 aliphatic heterocycles. The van der Waals surface area contributed by atoms with Gasteiger partial charge in [0.2, 0.25) is 0 Å². The second-order valence-corrected chi connectivity index (χ2v) is 4.04. The molecule has 5 nitrogen and oxygen atoms in total. The van der Waals surface area contributed by atoms with Crippen LogP contribution in [0.1, 0.15) is 5.82 Å². The van der Waals surface area contributed by atoms with Crippen LogP contribution >= 0.6 is 0 Å². The van der Waals surface area contributed by atoms with Gasteiger partial charge in [0.25, 0.3) is 0 Å². The average Bonchev–Trinajstić information content (AvgIpc) is 2.82. The molecular formula is C12H10N4O. The number of rotatable bonds is 2. The molecule has 3 rings (SSSR count). The zero-order chi connectivity index (χ0) is 11.7. The van der Waals surface area contributed by atoms with Crippen molar-refractivity contribution in [1.82, 2.24) is 15.0 Å². The highest BCUT2D eigenvalue weighted by Gasteiger charge is 2.43. The van der Waals surface area contributed by atoms with E-state index >= 15 is 0 Å². The van der Waals surface area contributed by atoms with Gasteiger partial charge in [0.05, 0.1) is 30.7 Å². The molecule has 2 aromatic rings. The Morgan fingerprint density at radius 3 is 2.88 bits per heavy atom. The molecule has 1 fully saturated rings. The summed E-state index contributed by atoms with van der Waals surface area (Å²) in [6.07, 6.45) is 3.51. The van der Waals surface area contributed by atoms with Crippen LogP contribution in [0.25, 0.3) is 11.4 Å². The molecule has 0 radical (unpaired) electrons. The van der Waals surface area contributed by atoms with E-state index in [9.17, 15) is 5.26 Å². The summed E-state index contributed by atoms with van der Waals surface area (Å²) < 4.78 is 5.10. The number of hydrogen-bond acceptors (Lipinski definition) is 4. The van der Waals surface area contributed by atoms with E-state index in [2.05, 4.69) is 21.0 Å². The maximum Gasteiger partial charge on any atom is 0.163 e. The van der Waals surface area contributed by atoms with Crippen LogP contribution in [-0.2, 0) is 10.2 Å². The largest absolute Gasteiger partial charge is 0.377 e. The number of nitriles is 1. The topological polar surface area (TPSA) is 74.6 Å². The summed E-state index contributed by atoms with van der Waals surface area (Å²) in [5.74, 6) is 0.540. The molecule has 1 aliphatic rings. The third-order valence-electron chi connectivity index (χ3n) is 2.87. The molecule has 5 heteroatoms. The predicted molar refractivity (Wildman–Crippen MR) is 59.9 cm³/mol. The summed E-state index contributed by atoms with van der Waals surface area (Å²) >= 11 is 0. The van der Waals surface area contributed by atoms with Gasteiger partial charge in [0.15, 0.2) is 11.2 Å².